The van der Waals surface area contributed by atoms with Crippen LogP contribution in [0.3, 0.4) is 0 Å². The zero-order chi connectivity index (χ0) is 20.9. The molecule has 0 fully saturated rings. The van der Waals surface area contributed by atoms with Crippen molar-refractivity contribution in [3.05, 3.63) is 41.4 Å². The number of hydrogen-bond acceptors (Lipinski definition) is 8. The first-order valence-electron chi connectivity index (χ1n) is 8.54. The molecule has 0 atom stereocenters. The van der Waals surface area contributed by atoms with Gasteiger partial charge in [0.05, 0.1) is 17.2 Å². The predicted molar refractivity (Wildman–Crippen MR) is 101 cm³/mol. The first-order valence-corrected chi connectivity index (χ1v) is 10.4. The number of thiophene rings is 1. The highest BCUT2D eigenvalue weighted by Gasteiger charge is 2.32. The summed E-state index contributed by atoms with van der Waals surface area (Å²) in [6, 6.07) is 4.50. The van der Waals surface area contributed by atoms with Crippen LogP contribution in [0.1, 0.15) is 24.9 Å². The van der Waals surface area contributed by atoms with Crippen molar-refractivity contribution in [1.82, 2.24) is 25.1 Å². The number of carbonyl (C=O) groups excluding carboxylic acids is 1. The summed E-state index contributed by atoms with van der Waals surface area (Å²) >= 11 is 2.31. The minimum absolute atomic E-state index is 0.104. The van der Waals surface area contributed by atoms with Crippen LogP contribution in [0, 0.1) is 0 Å². The minimum Gasteiger partial charge on any atom is -0.418 e. The van der Waals surface area contributed by atoms with Crippen LogP contribution in [-0.4, -0.2) is 43.3 Å². The summed E-state index contributed by atoms with van der Waals surface area (Å²) in [5.41, 5.74) is -1.04. The van der Waals surface area contributed by atoms with Crippen molar-refractivity contribution in [2.45, 2.75) is 31.2 Å². The molecule has 154 valence electrons. The zero-order valence-electron chi connectivity index (χ0n) is 15.2. The van der Waals surface area contributed by atoms with Gasteiger partial charge in [-0.15, -0.1) is 21.5 Å². The van der Waals surface area contributed by atoms with Gasteiger partial charge in [0.25, 0.3) is 5.89 Å². The molecule has 0 aliphatic rings. The highest BCUT2D eigenvalue weighted by atomic mass is 32.2. The molecule has 0 bridgehead atoms. The largest absolute Gasteiger partial charge is 0.433 e. The Morgan fingerprint density at radius 3 is 2.83 bits per heavy atom. The predicted octanol–water partition coefficient (Wildman–Crippen LogP) is 4.14. The van der Waals surface area contributed by atoms with Gasteiger partial charge in [-0.1, -0.05) is 24.8 Å². The van der Waals surface area contributed by atoms with Crippen molar-refractivity contribution in [3.63, 3.8) is 0 Å². The second-order valence-electron chi connectivity index (χ2n) is 5.80. The standard InChI is InChI=1S/C17H16F3N5O2S2/c1-2-7-25(9-13-23-24-15(27-13)11-4-3-8-28-11)14(26)10-29-16-21-6-5-12(22-16)17(18,19)20/h3-6,8H,2,7,9-10H2,1H3. The van der Waals surface area contributed by atoms with Gasteiger partial charge in [0, 0.05) is 12.7 Å². The molecule has 7 nitrogen and oxygen atoms in total. The molecule has 0 N–H and O–H groups in total. The molecule has 0 aliphatic heterocycles. The van der Waals surface area contributed by atoms with E-state index < -0.39 is 11.9 Å². The van der Waals surface area contributed by atoms with Crippen molar-refractivity contribution in [2.24, 2.45) is 0 Å². The Balaban J connectivity index is 1.62. The number of halogens is 3. The third kappa shape index (κ3) is 5.76. The van der Waals surface area contributed by atoms with Gasteiger partial charge in [-0.05, 0) is 23.9 Å². The molecule has 0 aromatic carbocycles. The van der Waals surface area contributed by atoms with E-state index in [-0.39, 0.29) is 29.3 Å². The van der Waals surface area contributed by atoms with Crippen LogP contribution in [0.25, 0.3) is 10.8 Å². The highest BCUT2D eigenvalue weighted by molar-refractivity contribution is 7.99. The topological polar surface area (TPSA) is 85.0 Å². The summed E-state index contributed by atoms with van der Waals surface area (Å²) in [5.74, 6) is 0.280. The lowest BCUT2D eigenvalue weighted by molar-refractivity contribution is -0.141. The first kappa shape index (κ1) is 21.2. The average Bonchev–Trinajstić information content (AvgIpc) is 3.37. The van der Waals surface area contributed by atoms with E-state index in [2.05, 4.69) is 20.2 Å². The molecule has 3 rings (SSSR count). The minimum atomic E-state index is -4.56. The highest BCUT2D eigenvalue weighted by Crippen LogP contribution is 2.28. The molecule has 0 radical (unpaired) electrons. The maximum absolute atomic E-state index is 12.7. The Bertz CT molecular complexity index is 947. The first-order chi connectivity index (χ1) is 13.9. The zero-order valence-corrected chi connectivity index (χ0v) is 16.9. The number of hydrogen-bond donors (Lipinski definition) is 0. The fourth-order valence-electron chi connectivity index (χ4n) is 2.33. The number of rotatable bonds is 8. The van der Waals surface area contributed by atoms with Crippen LogP contribution in [0.15, 0.2) is 39.3 Å². The quantitative estimate of drug-likeness (QED) is 0.382. The van der Waals surface area contributed by atoms with Crippen LogP contribution >= 0.6 is 23.1 Å². The molecule has 0 aliphatic carbocycles. The van der Waals surface area contributed by atoms with Gasteiger partial charge in [-0.25, -0.2) is 9.97 Å². The Labute approximate surface area is 172 Å². The number of amides is 1. The van der Waals surface area contributed by atoms with E-state index in [1.807, 2.05) is 24.4 Å². The van der Waals surface area contributed by atoms with E-state index in [1.165, 1.54) is 16.2 Å². The molecular weight excluding hydrogens is 427 g/mol. The molecule has 3 aromatic rings. The van der Waals surface area contributed by atoms with E-state index >= 15 is 0 Å². The molecule has 12 heteroatoms. The lowest BCUT2D eigenvalue weighted by atomic mass is 10.4. The summed E-state index contributed by atoms with van der Waals surface area (Å²) in [4.78, 5) is 22.2. The van der Waals surface area contributed by atoms with Crippen LogP contribution in [0.2, 0.25) is 0 Å². The fourth-order valence-corrected chi connectivity index (χ4v) is 3.71. The van der Waals surface area contributed by atoms with Crippen LogP contribution < -0.4 is 0 Å². The van der Waals surface area contributed by atoms with Crippen molar-refractivity contribution in [2.75, 3.05) is 12.3 Å². The smallest absolute Gasteiger partial charge is 0.418 e. The molecule has 3 aromatic heterocycles. The summed E-state index contributed by atoms with van der Waals surface area (Å²) in [7, 11) is 0. The van der Waals surface area contributed by atoms with Gasteiger partial charge < -0.3 is 9.32 Å². The summed E-state index contributed by atoms with van der Waals surface area (Å²) in [6.07, 6.45) is -2.84. The van der Waals surface area contributed by atoms with Crippen molar-refractivity contribution in [3.8, 4) is 10.8 Å². The van der Waals surface area contributed by atoms with Gasteiger partial charge in [-0.3, -0.25) is 4.79 Å². The number of nitrogens with zero attached hydrogens (tertiary/aromatic N) is 5. The third-order valence-electron chi connectivity index (χ3n) is 3.62. The molecule has 0 spiro atoms. The second kappa shape index (κ2) is 9.35. The molecule has 0 saturated carbocycles. The van der Waals surface area contributed by atoms with Gasteiger partial charge in [-0.2, -0.15) is 13.2 Å². The SMILES string of the molecule is CCCN(Cc1nnc(-c2cccs2)o1)C(=O)CSc1nccc(C(F)(F)F)n1. The fraction of sp³-hybridized carbons (Fsp3) is 0.353. The third-order valence-corrected chi connectivity index (χ3v) is 5.32. The number of carbonyl (C=O) groups is 1. The normalized spacial score (nSPS) is 11.6. The number of thioether (sulfide) groups is 1. The lowest BCUT2D eigenvalue weighted by Gasteiger charge is -2.19. The summed E-state index contributed by atoms with van der Waals surface area (Å²) in [5, 5.41) is 9.73. The van der Waals surface area contributed by atoms with Crippen LogP contribution in [0.4, 0.5) is 13.2 Å². The van der Waals surface area contributed by atoms with Crippen molar-refractivity contribution < 1.29 is 22.4 Å². The lowest BCUT2D eigenvalue weighted by Crippen LogP contribution is -2.32. The molecule has 3 heterocycles. The molecular formula is C17H16F3N5O2S2. The Kier molecular flexibility index (Phi) is 6.85. The van der Waals surface area contributed by atoms with Crippen molar-refractivity contribution in [1.29, 1.82) is 0 Å². The number of alkyl halides is 3. The van der Waals surface area contributed by atoms with Gasteiger partial charge in [0.1, 0.15) is 5.69 Å². The Hall–Kier alpha value is -2.47. The number of aromatic nitrogens is 4. The molecule has 1 amide bonds. The monoisotopic (exact) mass is 443 g/mol. The van der Waals surface area contributed by atoms with Gasteiger partial charge in [0.15, 0.2) is 5.16 Å². The van der Waals surface area contributed by atoms with Gasteiger partial charge >= 0.3 is 6.18 Å². The van der Waals surface area contributed by atoms with E-state index in [4.69, 9.17) is 4.42 Å². The Morgan fingerprint density at radius 1 is 1.31 bits per heavy atom. The second-order valence-corrected chi connectivity index (χ2v) is 7.69. The van der Waals surface area contributed by atoms with Crippen LogP contribution in [0.5, 0.6) is 0 Å². The maximum Gasteiger partial charge on any atom is 0.433 e. The maximum atomic E-state index is 12.7. The van der Waals surface area contributed by atoms with E-state index in [1.54, 1.807) is 0 Å². The van der Waals surface area contributed by atoms with Crippen LogP contribution in [-0.2, 0) is 17.5 Å². The molecule has 29 heavy (non-hydrogen) atoms. The van der Waals surface area contributed by atoms with E-state index in [9.17, 15) is 18.0 Å². The average molecular weight is 443 g/mol. The molecule has 0 saturated heterocycles. The Morgan fingerprint density at radius 2 is 2.14 bits per heavy atom. The summed E-state index contributed by atoms with van der Waals surface area (Å²) in [6.45, 7) is 2.48. The van der Waals surface area contributed by atoms with E-state index in [0.717, 1.165) is 28.9 Å². The van der Waals surface area contributed by atoms with Crippen molar-refractivity contribution >= 4 is 29.0 Å². The summed E-state index contributed by atoms with van der Waals surface area (Å²) < 4.78 is 43.8. The van der Waals surface area contributed by atoms with E-state index in [0.29, 0.717) is 18.9 Å². The molecule has 0 unspecified atom stereocenters. The van der Waals surface area contributed by atoms with Gasteiger partial charge in [0.2, 0.25) is 11.8 Å².